The molecule has 14 heavy (non-hydrogen) atoms. The summed E-state index contributed by atoms with van der Waals surface area (Å²) in [5.41, 5.74) is 0.536. The molecule has 0 amide bonds. The monoisotopic (exact) mass is 189 g/mol. The molecule has 1 aliphatic rings. The molecule has 0 aromatic carbocycles. The van der Waals surface area contributed by atoms with Crippen molar-refractivity contribution in [1.29, 1.82) is 5.26 Å². The van der Waals surface area contributed by atoms with Gasteiger partial charge in [-0.15, -0.1) is 0 Å². The lowest BCUT2D eigenvalue weighted by atomic mass is 10.3. The van der Waals surface area contributed by atoms with Crippen molar-refractivity contribution in [3.8, 4) is 11.8 Å². The van der Waals surface area contributed by atoms with Gasteiger partial charge in [0.15, 0.2) is 0 Å². The van der Waals surface area contributed by atoms with Crippen LogP contribution < -0.4 is 10.1 Å². The van der Waals surface area contributed by atoms with E-state index >= 15 is 0 Å². The maximum Gasteiger partial charge on any atom is 0.139 e. The molecule has 1 N–H and O–H groups in total. The van der Waals surface area contributed by atoms with Gasteiger partial charge in [0.2, 0.25) is 0 Å². The van der Waals surface area contributed by atoms with E-state index in [4.69, 9.17) is 10.00 Å². The molecule has 72 valence electrons. The summed E-state index contributed by atoms with van der Waals surface area (Å²) >= 11 is 0. The standard InChI is InChI=1S/C10H11N3O/c11-4-8-3-10(7-13-5-8)14-9-1-2-12-6-9/h3,5,7,9,12H,1-2,6H2/t9-/m1/s1. The van der Waals surface area contributed by atoms with Crippen LogP contribution >= 0.6 is 0 Å². The zero-order valence-corrected chi connectivity index (χ0v) is 7.73. The van der Waals surface area contributed by atoms with Crippen molar-refractivity contribution >= 4 is 0 Å². The summed E-state index contributed by atoms with van der Waals surface area (Å²) < 4.78 is 5.64. The molecule has 4 nitrogen and oxygen atoms in total. The minimum Gasteiger partial charge on any atom is -0.487 e. The topological polar surface area (TPSA) is 57.9 Å². The number of rotatable bonds is 2. The number of nitrogens with one attached hydrogen (secondary N) is 1. The molecule has 0 aliphatic carbocycles. The number of ether oxygens (including phenoxy) is 1. The molecule has 4 heteroatoms. The molecule has 0 saturated carbocycles. The van der Waals surface area contributed by atoms with Crippen LogP contribution in [-0.4, -0.2) is 24.2 Å². The Kier molecular flexibility index (Phi) is 2.61. The highest BCUT2D eigenvalue weighted by Crippen LogP contribution is 2.14. The average molecular weight is 189 g/mol. The van der Waals surface area contributed by atoms with Gasteiger partial charge in [-0.05, 0) is 13.0 Å². The molecule has 1 fully saturated rings. The van der Waals surface area contributed by atoms with Gasteiger partial charge >= 0.3 is 0 Å². The van der Waals surface area contributed by atoms with Crippen molar-refractivity contribution in [2.75, 3.05) is 13.1 Å². The SMILES string of the molecule is N#Cc1cncc(O[C@@H]2CCNC2)c1. The van der Waals surface area contributed by atoms with E-state index in [1.807, 2.05) is 6.07 Å². The second-order valence-electron chi connectivity index (χ2n) is 3.25. The first-order chi connectivity index (χ1) is 6.88. The normalized spacial score (nSPS) is 20.4. The van der Waals surface area contributed by atoms with Gasteiger partial charge in [0.1, 0.15) is 17.9 Å². The molecule has 1 aromatic heterocycles. The molecule has 1 saturated heterocycles. The second kappa shape index (κ2) is 4.07. The van der Waals surface area contributed by atoms with Gasteiger partial charge < -0.3 is 10.1 Å². The van der Waals surface area contributed by atoms with Gasteiger partial charge in [0.25, 0.3) is 0 Å². The summed E-state index contributed by atoms with van der Waals surface area (Å²) in [4.78, 5) is 3.93. The fourth-order valence-electron chi connectivity index (χ4n) is 1.47. The van der Waals surface area contributed by atoms with Gasteiger partial charge in [-0.1, -0.05) is 0 Å². The van der Waals surface area contributed by atoms with E-state index in [2.05, 4.69) is 10.3 Å². The molecular formula is C10H11N3O. The molecule has 2 heterocycles. The Morgan fingerprint density at radius 1 is 1.57 bits per heavy atom. The van der Waals surface area contributed by atoms with Gasteiger partial charge in [-0.2, -0.15) is 5.26 Å². The average Bonchev–Trinajstić information content (AvgIpc) is 2.71. The van der Waals surface area contributed by atoms with Crippen molar-refractivity contribution in [1.82, 2.24) is 10.3 Å². The Morgan fingerprint density at radius 2 is 2.50 bits per heavy atom. The highest BCUT2D eigenvalue weighted by molar-refractivity contribution is 5.32. The van der Waals surface area contributed by atoms with E-state index in [9.17, 15) is 0 Å². The second-order valence-corrected chi connectivity index (χ2v) is 3.25. The quantitative estimate of drug-likeness (QED) is 0.743. The molecule has 2 rings (SSSR count). The van der Waals surface area contributed by atoms with Crippen molar-refractivity contribution in [3.05, 3.63) is 24.0 Å². The smallest absolute Gasteiger partial charge is 0.139 e. The number of aromatic nitrogens is 1. The molecule has 0 bridgehead atoms. The lowest BCUT2D eigenvalue weighted by molar-refractivity contribution is 0.222. The van der Waals surface area contributed by atoms with Gasteiger partial charge in [0.05, 0.1) is 11.8 Å². The third kappa shape index (κ3) is 2.01. The third-order valence-electron chi connectivity index (χ3n) is 2.16. The molecule has 1 aliphatic heterocycles. The molecule has 0 radical (unpaired) electrons. The Balaban J connectivity index is 2.05. The number of hydrogen-bond acceptors (Lipinski definition) is 4. The fourth-order valence-corrected chi connectivity index (χ4v) is 1.47. The Hall–Kier alpha value is -1.60. The number of hydrogen-bond donors (Lipinski definition) is 1. The van der Waals surface area contributed by atoms with Crippen molar-refractivity contribution in [2.24, 2.45) is 0 Å². The third-order valence-corrected chi connectivity index (χ3v) is 2.16. The van der Waals surface area contributed by atoms with Crippen LogP contribution in [0.15, 0.2) is 18.5 Å². The summed E-state index contributed by atoms with van der Waals surface area (Å²) in [6.07, 6.45) is 4.39. The Morgan fingerprint density at radius 3 is 3.21 bits per heavy atom. The van der Waals surface area contributed by atoms with Crippen molar-refractivity contribution in [2.45, 2.75) is 12.5 Å². The number of nitriles is 1. The van der Waals surface area contributed by atoms with Crippen LogP contribution in [0.4, 0.5) is 0 Å². The van der Waals surface area contributed by atoms with Crippen LogP contribution in [-0.2, 0) is 0 Å². The van der Waals surface area contributed by atoms with Gasteiger partial charge in [-0.3, -0.25) is 4.98 Å². The van der Waals surface area contributed by atoms with Gasteiger partial charge in [0, 0.05) is 18.8 Å². The van der Waals surface area contributed by atoms with Crippen LogP contribution in [0.25, 0.3) is 0 Å². The summed E-state index contributed by atoms with van der Waals surface area (Å²) in [5.74, 6) is 0.678. The lowest BCUT2D eigenvalue weighted by Crippen LogP contribution is -2.19. The maximum atomic E-state index is 8.66. The summed E-state index contributed by atoms with van der Waals surface area (Å²) in [7, 11) is 0. The van der Waals surface area contributed by atoms with E-state index in [-0.39, 0.29) is 6.10 Å². The van der Waals surface area contributed by atoms with Crippen molar-refractivity contribution < 1.29 is 4.74 Å². The van der Waals surface area contributed by atoms with Crippen molar-refractivity contribution in [3.63, 3.8) is 0 Å². The Bertz CT molecular complexity index is 353. The molecule has 1 atom stereocenters. The molecule has 0 spiro atoms. The van der Waals surface area contributed by atoms with Crippen LogP contribution in [0.1, 0.15) is 12.0 Å². The molecule has 0 unspecified atom stereocenters. The van der Waals surface area contributed by atoms with Crippen LogP contribution in [0, 0.1) is 11.3 Å². The lowest BCUT2D eigenvalue weighted by Gasteiger charge is -2.11. The van der Waals surface area contributed by atoms with E-state index in [1.165, 1.54) is 6.20 Å². The van der Waals surface area contributed by atoms with Crippen LogP contribution in [0.3, 0.4) is 0 Å². The predicted octanol–water partition coefficient (Wildman–Crippen LogP) is 0.694. The van der Waals surface area contributed by atoms with E-state index in [0.29, 0.717) is 11.3 Å². The number of nitrogens with zero attached hydrogens (tertiary/aromatic N) is 2. The van der Waals surface area contributed by atoms with E-state index in [1.54, 1.807) is 12.3 Å². The minimum atomic E-state index is 0.214. The zero-order chi connectivity index (χ0) is 9.80. The zero-order valence-electron chi connectivity index (χ0n) is 7.73. The predicted molar refractivity (Wildman–Crippen MR) is 50.9 cm³/mol. The summed E-state index contributed by atoms with van der Waals surface area (Å²) in [5, 5.41) is 11.9. The van der Waals surface area contributed by atoms with Gasteiger partial charge in [-0.25, -0.2) is 0 Å². The first-order valence-electron chi connectivity index (χ1n) is 4.61. The van der Waals surface area contributed by atoms with E-state index in [0.717, 1.165) is 19.5 Å². The highest BCUT2D eigenvalue weighted by atomic mass is 16.5. The van der Waals surface area contributed by atoms with E-state index < -0.39 is 0 Å². The minimum absolute atomic E-state index is 0.214. The molecular weight excluding hydrogens is 178 g/mol. The Labute approximate surface area is 82.5 Å². The summed E-state index contributed by atoms with van der Waals surface area (Å²) in [6, 6.07) is 3.75. The first-order valence-corrected chi connectivity index (χ1v) is 4.61. The largest absolute Gasteiger partial charge is 0.487 e. The van der Waals surface area contributed by atoms with Crippen LogP contribution in [0.2, 0.25) is 0 Å². The molecule has 1 aromatic rings. The van der Waals surface area contributed by atoms with Crippen LogP contribution in [0.5, 0.6) is 5.75 Å². The number of pyridine rings is 1. The first kappa shape index (κ1) is 8.97. The summed E-state index contributed by atoms with van der Waals surface area (Å²) in [6.45, 7) is 1.87. The fraction of sp³-hybridized carbons (Fsp3) is 0.400. The maximum absolute atomic E-state index is 8.66. The highest BCUT2D eigenvalue weighted by Gasteiger charge is 2.15.